The topological polar surface area (TPSA) is 33.2 Å². The Morgan fingerprint density at radius 2 is 2.08 bits per heavy atom. The van der Waals surface area contributed by atoms with Gasteiger partial charge in [0, 0.05) is 33.8 Å². The zero-order chi connectivity index (χ0) is 18.1. The van der Waals surface area contributed by atoms with Gasteiger partial charge in [-0.25, -0.2) is 4.98 Å². The van der Waals surface area contributed by atoms with E-state index in [2.05, 4.69) is 40.9 Å². The lowest BCUT2D eigenvalue weighted by atomic mass is 10.00. The van der Waals surface area contributed by atoms with Gasteiger partial charge >= 0.3 is 0 Å². The van der Waals surface area contributed by atoms with Crippen molar-refractivity contribution in [2.24, 2.45) is 0 Å². The highest BCUT2D eigenvalue weighted by molar-refractivity contribution is 8.00. The van der Waals surface area contributed by atoms with Crippen LogP contribution in [0, 0.1) is 6.92 Å². The van der Waals surface area contributed by atoms with E-state index in [-0.39, 0.29) is 11.9 Å². The molecule has 3 nitrogen and oxygen atoms in total. The minimum atomic E-state index is 0.129. The second-order valence-electron chi connectivity index (χ2n) is 6.46. The third kappa shape index (κ3) is 3.59. The molecule has 0 radical (unpaired) electrons. The Morgan fingerprint density at radius 3 is 2.81 bits per heavy atom. The molecule has 0 bridgehead atoms. The number of benzene rings is 1. The van der Waals surface area contributed by atoms with Gasteiger partial charge in [-0.1, -0.05) is 23.9 Å². The molecule has 26 heavy (non-hydrogen) atoms. The number of carbonyl (C=O) groups excluding carboxylic acids is 1. The molecule has 1 atom stereocenters. The molecular weight excluding hydrogens is 380 g/mol. The Morgan fingerprint density at radius 1 is 1.27 bits per heavy atom. The second-order valence-corrected chi connectivity index (χ2v) is 9.55. The van der Waals surface area contributed by atoms with Crippen LogP contribution in [0.25, 0.3) is 0 Å². The molecule has 134 valence electrons. The summed E-state index contributed by atoms with van der Waals surface area (Å²) < 4.78 is 1.09. The third-order valence-corrected chi connectivity index (χ3v) is 7.91. The van der Waals surface area contributed by atoms with Gasteiger partial charge in [0.05, 0.1) is 6.04 Å². The molecule has 0 N–H and O–H groups in total. The van der Waals surface area contributed by atoms with Gasteiger partial charge in [-0.3, -0.25) is 4.79 Å². The number of aryl methyl sites for hydroxylation is 1. The summed E-state index contributed by atoms with van der Waals surface area (Å²) in [5.41, 5.74) is 4.37. The first-order chi connectivity index (χ1) is 12.6. The van der Waals surface area contributed by atoms with E-state index in [1.54, 1.807) is 34.4 Å². The van der Waals surface area contributed by atoms with Gasteiger partial charge in [-0.15, -0.1) is 22.7 Å². The molecule has 1 aliphatic heterocycles. The van der Waals surface area contributed by atoms with Crippen molar-refractivity contribution in [1.82, 2.24) is 9.88 Å². The number of thiophene rings is 1. The van der Waals surface area contributed by atoms with E-state index in [1.165, 1.54) is 16.0 Å². The van der Waals surface area contributed by atoms with E-state index in [0.29, 0.717) is 0 Å². The van der Waals surface area contributed by atoms with E-state index in [1.807, 2.05) is 24.0 Å². The first kappa shape index (κ1) is 17.8. The van der Waals surface area contributed by atoms with Crippen molar-refractivity contribution in [3.05, 3.63) is 68.4 Å². The number of thiazole rings is 1. The van der Waals surface area contributed by atoms with Crippen molar-refractivity contribution in [1.29, 1.82) is 0 Å². The van der Waals surface area contributed by atoms with Crippen LogP contribution >= 0.6 is 34.4 Å². The third-order valence-electron chi connectivity index (χ3n) is 4.70. The number of thioether (sulfide) groups is 1. The fourth-order valence-corrected chi connectivity index (χ4v) is 6.01. The Balaban J connectivity index is 1.42. The number of hydrogen-bond donors (Lipinski definition) is 0. The van der Waals surface area contributed by atoms with Gasteiger partial charge < -0.3 is 4.90 Å². The maximum Gasteiger partial charge on any atom is 0.254 e. The average molecular weight is 401 g/mol. The van der Waals surface area contributed by atoms with Gasteiger partial charge in [-0.05, 0) is 55.0 Å². The van der Waals surface area contributed by atoms with E-state index in [9.17, 15) is 4.79 Å². The summed E-state index contributed by atoms with van der Waals surface area (Å²) in [6.07, 6.45) is 0.963. The van der Waals surface area contributed by atoms with Gasteiger partial charge in [0.1, 0.15) is 4.34 Å². The Bertz CT molecular complexity index is 913. The zero-order valence-electron chi connectivity index (χ0n) is 14.8. The van der Waals surface area contributed by atoms with Gasteiger partial charge in [0.15, 0.2) is 0 Å². The summed E-state index contributed by atoms with van der Waals surface area (Å²) in [7, 11) is 0. The second kappa shape index (κ2) is 7.55. The molecule has 1 unspecified atom stereocenters. The van der Waals surface area contributed by atoms with Crippen LogP contribution in [0.15, 0.2) is 45.4 Å². The Hall–Kier alpha value is -1.63. The van der Waals surface area contributed by atoms with E-state index >= 15 is 0 Å². The van der Waals surface area contributed by atoms with E-state index < -0.39 is 0 Å². The predicted octanol–water partition coefficient (Wildman–Crippen LogP) is 5.56. The van der Waals surface area contributed by atoms with Crippen molar-refractivity contribution in [2.45, 2.75) is 36.4 Å². The number of aromatic nitrogens is 1. The highest BCUT2D eigenvalue weighted by Gasteiger charge is 2.28. The predicted molar refractivity (Wildman–Crippen MR) is 110 cm³/mol. The molecule has 0 saturated carbocycles. The number of nitrogens with zero attached hydrogens (tertiary/aromatic N) is 2. The minimum absolute atomic E-state index is 0.129. The van der Waals surface area contributed by atoms with Crippen molar-refractivity contribution in [3.63, 3.8) is 0 Å². The molecule has 0 aliphatic carbocycles. The number of hydrogen-bond acceptors (Lipinski definition) is 5. The summed E-state index contributed by atoms with van der Waals surface area (Å²) in [4.78, 5) is 20.8. The highest BCUT2D eigenvalue weighted by atomic mass is 32.2. The first-order valence-electron chi connectivity index (χ1n) is 8.63. The molecule has 3 aromatic rings. The van der Waals surface area contributed by atoms with E-state index in [4.69, 9.17) is 0 Å². The van der Waals surface area contributed by atoms with Crippen LogP contribution in [0.3, 0.4) is 0 Å². The van der Waals surface area contributed by atoms with Gasteiger partial charge in [-0.2, -0.15) is 0 Å². The monoisotopic (exact) mass is 400 g/mol. The summed E-state index contributed by atoms with van der Waals surface area (Å²) in [5, 5.41) is 4.20. The maximum atomic E-state index is 13.0. The van der Waals surface area contributed by atoms with Crippen molar-refractivity contribution in [3.8, 4) is 0 Å². The zero-order valence-corrected chi connectivity index (χ0v) is 17.2. The van der Waals surface area contributed by atoms with Crippen LogP contribution in [-0.2, 0) is 12.2 Å². The molecule has 0 spiro atoms. The molecule has 4 rings (SSSR count). The summed E-state index contributed by atoms with van der Waals surface area (Å²) in [6.45, 7) is 4.94. The smallest absolute Gasteiger partial charge is 0.254 e. The van der Waals surface area contributed by atoms with Crippen LogP contribution in [0.2, 0.25) is 0 Å². The molecule has 1 amide bonds. The first-order valence-corrected chi connectivity index (χ1v) is 11.4. The fourth-order valence-electron chi connectivity index (χ4n) is 3.24. The molecular formula is C20H20N2OS3. The molecule has 1 aromatic carbocycles. The quantitative estimate of drug-likeness (QED) is 0.537. The van der Waals surface area contributed by atoms with Crippen LogP contribution in [0.1, 0.15) is 45.0 Å². The van der Waals surface area contributed by atoms with Crippen LogP contribution in [0.5, 0.6) is 0 Å². The van der Waals surface area contributed by atoms with Crippen LogP contribution in [-0.4, -0.2) is 22.3 Å². The average Bonchev–Trinajstić information content (AvgIpc) is 3.29. The SMILES string of the molecule is Cc1csc(SCc2ccc(C(=O)N3CCc4sccc4C3C)cc2)n1. The van der Waals surface area contributed by atoms with Crippen LogP contribution < -0.4 is 0 Å². The van der Waals surface area contributed by atoms with Crippen LogP contribution in [0.4, 0.5) is 0 Å². The largest absolute Gasteiger partial charge is 0.331 e. The van der Waals surface area contributed by atoms with Gasteiger partial charge in [0.2, 0.25) is 0 Å². The molecule has 6 heteroatoms. The lowest BCUT2D eigenvalue weighted by Gasteiger charge is -2.33. The number of fused-ring (bicyclic) bond motifs is 1. The standard InChI is InChI=1S/C20H20N2OS3/c1-13-11-25-20(21-13)26-12-15-3-5-16(6-4-15)19(23)22-9-7-18-17(14(22)2)8-10-24-18/h3-6,8,10-11,14H,7,9,12H2,1-2H3. The Labute approximate surface area is 166 Å². The molecule has 1 aliphatic rings. The summed E-state index contributed by atoms with van der Waals surface area (Å²) in [6, 6.07) is 10.4. The lowest BCUT2D eigenvalue weighted by Crippen LogP contribution is -2.38. The normalized spacial score (nSPS) is 16.5. The fraction of sp³-hybridized carbons (Fsp3) is 0.300. The summed E-state index contributed by atoms with van der Waals surface area (Å²) >= 11 is 5.23. The van der Waals surface area contributed by atoms with Crippen molar-refractivity contribution >= 4 is 40.3 Å². The summed E-state index contributed by atoms with van der Waals surface area (Å²) in [5.74, 6) is 1.00. The lowest BCUT2D eigenvalue weighted by molar-refractivity contribution is 0.0679. The number of carbonyl (C=O) groups is 1. The molecule has 3 heterocycles. The Kier molecular flexibility index (Phi) is 5.16. The van der Waals surface area contributed by atoms with Crippen molar-refractivity contribution < 1.29 is 4.79 Å². The van der Waals surface area contributed by atoms with Gasteiger partial charge in [0.25, 0.3) is 5.91 Å². The maximum absolute atomic E-state index is 13.0. The van der Waals surface area contributed by atoms with Crippen molar-refractivity contribution in [2.75, 3.05) is 6.54 Å². The number of rotatable bonds is 4. The molecule has 2 aromatic heterocycles. The highest BCUT2D eigenvalue weighted by Crippen LogP contribution is 2.33. The molecule has 0 saturated heterocycles. The minimum Gasteiger partial charge on any atom is -0.331 e. The van der Waals surface area contributed by atoms with E-state index in [0.717, 1.165) is 34.3 Å². The molecule has 0 fully saturated rings. The number of amides is 1.